The van der Waals surface area contributed by atoms with Gasteiger partial charge in [-0.05, 0) is 56.2 Å². The van der Waals surface area contributed by atoms with E-state index in [1.807, 2.05) is 32.0 Å². The molecule has 0 saturated heterocycles. The largest absolute Gasteiger partial charge is 0.480 e. The van der Waals surface area contributed by atoms with Gasteiger partial charge in [-0.25, -0.2) is 24.7 Å². The molecule has 12 heteroatoms. The number of carbonyl (C=O) groups is 1. The number of methoxy groups -OCH3 is 1. The van der Waals surface area contributed by atoms with Gasteiger partial charge in [0.25, 0.3) is 6.29 Å². The Kier molecular flexibility index (Phi) is 6.34. The lowest BCUT2D eigenvalue weighted by atomic mass is 10.1. The van der Waals surface area contributed by atoms with E-state index in [0.29, 0.717) is 34.1 Å². The molecule has 2 aromatic carbocycles. The molecule has 1 aliphatic rings. The van der Waals surface area contributed by atoms with Gasteiger partial charge in [-0.15, -0.1) is 11.3 Å². The molecule has 4 heterocycles. The maximum atomic E-state index is 13.5. The number of carbonyl (C=O) groups excluding carboxylic acids is 1. The van der Waals surface area contributed by atoms with E-state index in [1.165, 1.54) is 35.5 Å². The minimum absolute atomic E-state index is 0.0166. The standard InChI is InChI=1S/C28H24FN5O5S/c1-13-6-17(23-18(7-13)32-20(36-5)11-30-23)27-33-22-14(2)9-19-24(25(22)40-27)37-12-21(38-19)39-28(35)34(4)16-8-15(3)26(29)31-10-16/h6-11,21H,12H2,1-5H3. The topological polar surface area (TPSA) is 109 Å². The number of anilines is 1. The fourth-order valence-corrected chi connectivity index (χ4v) is 5.59. The lowest BCUT2D eigenvalue weighted by Gasteiger charge is -2.28. The molecule has 0 saturated carbocycles. The number of fused-ring (bicyclic) bond motifs is 4. The monoisotopic (exact) mass is 561 g/mol. The van der Waals surface area contributed by atoms with Gasteiger partial charge in [-0.3, -0.25) is 4.90 Å². The van der Waals surface area contributed by atoms with Gasteiger partial charge in [0.05, 0.1) is 41.7 Å². The van der Waals surface area contributed by atoms with Crippen LogP contribution in [0.15, 0.2) is 36.7 Å². The van der Waals surface area contributed by atoms with E-state index in [9.17, 15) is 9.18 Å². The summed E-state index contributed by atoms with van der Waals surface area (Å²) in [6.45, 7) is 5.48. The number of pyridine rings is 1. The Balaban J connectivity index is 1.29. The zero-order valence-corrected chi connectivity index (χ0v) is 23.1. The van der Waals surface area contributed by atoms with Crippen LogP contribution in [0.3, 0.4) is 0 Å². The summed E-state index contributed by atoms with van der Waals surface area (Å²) >= 11 is 1.46. The molecule has 204 valence electrons. The van der Waals surface area contributed by atoms with Crippen LogP contribution in [0.4, 0.5) is 14.9 Å². The number of ether oxygens (including phenoxy) is 4. The van der Waals surface area contributed by atoms with Crippen LogP contribution in [-0.4, -0.2) is 53.1 Å². The molecule has 1 amide bonds. The van der Waals surface area contributed by atoms with Crippen molar-refractivity contribution < 1.29 is 28.1 Å². The molecule has 5 aromatic rings. The zero-order valence-electron chi connectivity index (χ0n) is 22.3. The Morgan fingerprint density at radius 1 is 1.07 bits per heavy atom. The molecule has 0 fully saturated rings. The van der Waals surface area contributed by atoms with Crippen molar-refractivity contribution >= 4 is 44.4 Å². The molecule has 0 aliphatic carbocycles. The average Bonchev–Trinajstić information content (AvgIpc) is 3.39. The summed E-state index contributed by atoms with van der Waals surface area (Å²) in [6, 6.07) is 7.32. The fourth-order valence-electron chi connectivity index (χ4n) is 4.44. The van der Waals surface area contributed by atoms with Gasteiger partial charge in [0.1, 0.15) is 9.71 Å². The Morgan fingerprint density at radius 3 is 2.67 bits per heavy atom. The molecule has 1 aliphatic heterocycles. The van der Waals surface area contributed by atoms with E-state index in [0.717, 1.165) is 37.4 Å². The summed E-state index contributed by atoms with van der Waals surface area (Å²) in [5, 5.41) is 0.765. The van der Waals surface area contributed by atoms with Crippen LogP contribution in [0.1, 0.15) is 16.7 Å². The number of rotatable bonds is 4. The number of nitrogens with zero attached hydrogens (tertiary/aromatic N) is 5. The van der Waals surface area contributed by atoms with E-state index in [2.05, 4.69) is 15.0 Å². The highest BCUT2D eigenvalue weighted by atomic mass is 32.1. The Morgan fingerprint density at radius 2 is 1.90 bits per heavy atom. The predicted octanol–water partition coefficient (Wildman–Crippen LogP) is 5.74. The number of amides is 1. The number of aryl methyl sites for hydroxylation is 3. The third-order valence-electron chi connectivity index (χ3n) is 6.50. The molecule has 0 radical (unpaired) electrons. The van der Waals surface area contributed by atoms with Gasteiger partial charge in [0.15, 0.2) is 18.1 Å². The maximum Gasteiger partial charge on any atom is 0.417 e. The quantitative estimate of drug-likeness (QED) is 0.254. The highest BCUT2D eigenvalue weighted by Crippen LogP contribution is 2.46. The number of hydrogen-bond donors (Lipinski definition) is 0. The minimum Gasteiger partial charge on any atom is -0.480 e. The fraction of sp³-hybridized carbons (Fsp3) is 0.250. The zero-order chi connectivity index (χ0) is 28.1. The van der Waals surface area contributed by atoms with Gasteiger partial charge in [0, 0.05) is 18.2 Å². The van der Waals surface area contributed by atoms with Gasteiger partial charge >= 0.3 is 6.09 Å². The highest BCUT2D eigenvalue weighted by Gasteiger charge is 2.30. The molecule has 1 atom stereocenters. The second-order valence-electron chi connectivity index (χ2n) is 9.41. The summed E-state index contributed by atoms with van der Waals surface area (Å²) in [5.41, 5.74) is 5.68. The highest BCUT2D eigenvalue weighted by molar-refractivity contribution is 7.22. The van der Waals surface area contributed by atoms with Crippen molar-refractivity contribution in [1.82, 2.24) is 19.9 Å². The number of hydrogen-bond acceptors (Lipinski definition) is 10. The number of aromatic nitrogens is 4. The van der Waals surface area contributed by atoms with E-state index < -0.39 is 18.3 Å². The summed E-state index contributed by atoms with van der Waals surface area (Å²) in [6.07, 6.45) is 1.18. The van der Waals surface area contributed by atoms with E-state index >= 15 is 0 Å². The van der Waals surface area contributed by atoms with Crippen molar-refractivity contribution in [3.63, 3.8) is 0 Å². The van der Waals surface area contributed by atoms with Crippen LogP contribution in [-0.2, 0) is 4.74 Å². The van der Waals surface area contributed by atoms with Crippen LogP contribution in [0.5, 0.6) is 17.4 Å². The Labute approximate surface area is 232 Å². The van der Waals surface area contributed by atoms with Gasteiger partial charge in [0.2, 0.25) is 11.8 Å². The smallest absolute Gasteiger partial charge is 0.417 e. The first kappa shape index (κ1) is 25.7. The Hall–Kier alpha value is -4.58. The van der Waals surface area contributed by atoms with Gasteiger partial charge in [-0.2, -0.15) is 4.39 Å². The number of halogens is 1. The normalized spacial score (nSPS) is 14.4. The third kappa shape index (κ3) is 4.49. The van der Waals surface area contributed by atoms with Crippen LogP contribution in [0, 0.1) is 26.7 Å². The summed E-state index contributed by atoms with van der Waals surface area (Å²) in [5.74, 6) is 0.829. The van der Waals surface area contributed by atoms with Gasteiger partial charge in [-0.1, -0.05) is 0 Å². The molecule has 0 N–H and O–H groups in total. The second-order valence-corrected chi connectivity index (χ2v) is 10.4. The maximum absolute atomic E-state index is 13.5. The van der Waals surface area contributed by atoms with Crippen LogP contribution < -0.4 is 19.1 Å². The molecular formula is C28H24FN5O5S. The summed E-state index contributed by atoms with van der Waals surface area (Å²) in [4.78, 5) is 31.7. The van der Waals surface area contributed by atoms with Crippen LogP contribution >= 0.6 is 11.3 Å². The van der Waals surface area contributed by atoms with Crippen molar-refractivity contribution in [1.29, 1.82) is 0 Å². The third-order valence-corrected chi connectivity index (χ3v) is 7.59. The molecular weight excluding hydrogens is 537 g/mol. The first-order valence-corrected chi connectivity index (χ1v) is 13.2. The predicted molar refractivity (Wildman–Crippen MR) is 148 cm³/mol. The lowest BCUT2D eigenvalue weighted by molar-refractivity contribution is -0.0718. The SMILES string of the molecule is COc1cnc2c(-c3nc4c(C)cc5c(c4s3)OCC(OC(=O)N(C)c3cnc(F)c(C)c3)O5)cc(C)cc2n1. The number of thiazole rings is 1. The van der Waals surface area contributed by atoms with Crippen LogP contribution in [0.2, 0.25) is 0 Å². The summed E-state index contributed by atoms with van der Waals surface area (Å²) in [7, 11) is 3.07. The Bertz CT molecular complexity index is 1810. The van der Waals surface area contributed by atoms with Crippen molar-refractivity contribution in [3.05, 3.63) is 59.3 Å². The first-order valence-electron chi connectivity index (χ1n) is 12.3. The van der Waals surface area contributed by atoms with E-state index in [-0.39, 0.29) is 6.61 Å². The average molecular weight is 562 g/mol. The van der Waals surface area contributed by atoms with E-state index in [1.54, 1.807) is 20.2 Å². The van der Waals surface area contributed by atoms with E-state index in [4.69, 9.17) is 23.9 Å². The molecule has 10 nitrogen and oxygen atoms in total. The molecule has 0 bridgehead atoms. The minimum atomic E-state index is -0.979. The molecule has 6 rings (SSSR count). The van der Waals surface area contributed by atoms with Gasteiger partial charge < -0.3 is 18.9 Å². The molecule has 1 unspecified atom stereocenters. The lowest BCUT2D eigenvalue weighted by Crippen LogP contribution is -2.38. The second kappa shape index (κ2) is 9.87. The van der Waals surface area contributed by atoms with Crippen molar-refractivity contribution in [3.8, 4) is 28.0 Å². The molecule has 3 aromatic heterocycles. The van der Waals surface area contributed by atoms with Crippen molar-refractivity contribution in [2.24, 2.45) is 0 Å². The van der Waals surface area contributed by atoms with Crippen molar-refractivity contribution in [2.75, 3.05) is 25.7 Å². The van der Waals surface area contributed by atoms with Crippen LogP contribution in [0.25, 0.3) is 31.8 Å². The molecule has 40 heavy (non-hydrogen) atoms. The summed E-state index contributed by atoms with van der Waals surface area (Å²) < 4.78 is 37.2. The first-order chi connectivity index (χ1) is 19.2. The number of benzene rings is 2. The van der Waals surface area contributed by atoms with Crippen molar-refractivity contribution in [2.45, 2.75) is 27.1 Å². The molecule has 0 spiro atoms.